The fraction of sp³-hybridized carbons (Fsp3) is 0.0435. The van der Waals surface area contributed by atoms with Gasteiger partial charge in [0.25, 0.3) is 11.6 Å². The van der Waals surface area contributed by atoms with Gasteiger partial charge < -0.3 is 9.88 Å². The molecule has 1 N–H and O–H groups in total. The Morgan fingerprint density at radius 2 is 1.73 bits per heavy atom. The fourth-order valence-electron chi connectivity index (χ4n) is 3.05. The molecule has 0 saturated carbocycles. The molecule has 3 aromatic carbocycles. The number of nitrogens with one attached hydrogen (secondary N) is 1. The summed E-state index contributed by atoms with van der Waals surface area (Å²) in [6, 6.07) is 19.6. The van der Waals surface area contributed by atoms with Gasteiger partial charge in [-0.3, -0.25) is 19.7 Å². The molecule has 0 aliphatic carbocycles. The van der Waals surface area contributed by atoms with Crippen molar-refractivity contribution < 1.29 is 14.5 Å². The lowest BCUT2D eigenvalue weighted by Gasteiger charge is -2.09. The van der Waals surface area contributed by atoms with Crippen LogP contribution in [0.25, 0.3) is 0 Å². The average Bonchev–Trinajstić information content (AvgIpc) is 3.23. The number of hydrogen-bond acceptors (Lipinski definition) is 7. The normalized spacial score (nSPS) is 10.6. The van der Waals surface area contributed by atoms with Gasteiger partial charge in [0.1, 0.15) is 6.33 Å². The van der Waals surface area contributed by atoms with Crippen molar-refractivity contribution >= 4 is 34.8 Å². The van der Waals surface area contributed by atoms with Gasteiger partial charge in [0.2, 0.25) is 0 Å². The number of nitrogens with zero attached hydrogens (tertiary/aromatic N) is 4. The molecule has 1 aromatic heterocycles. The van der Waals surface area contributed by atoms with Gasteiger partial charge in [-0.1, -0.05) is 42.5 Å². The Labute approximate surface area is 192 Å². The van der Waals surface area contributed by atoms with Gasteiger partial charge in [-0.2, -0.15) is 0 Å². The molecule has 1 heterocycles. The minimum Gasteiger partial charge on any atom is -0.322 e. The molecular formula is C23H17N5O4S. The zero-order valence-electron chi connectivity index (χ0n) is 17.3. The Kier molecular flexibility index (Phi) is 6.27. The number of nitro groups is 1. The van der Waals surface area contributed by atoms with Gasteiger partial charge in [-0.05, 0) is 36.0 Å². The quantitative estimate of drug-likeness (QED) is 0.248. The monoisotopic (exact) mass is 459 g/mol. The Hall–Kier alpha value is -4.31. The third-order valence-electron chi connectivity index (χ3n) is 4.71. The maximum atomic E-state index is 12.8. The number of aryl methyl sites for hydroxylation is 1. The van der Waals surface area contributed by atoms with Crippen molar-refractivity contribution in [3.8, 4) is 0 Å². The van der Waals surface area contributed by atoms with Crippen molar-refractivity contribution in [1.82, 2.24) is 14.8 Å². The zero-order valence-corrected chi connectivity index (χ0v) is 18.2. The predicted octanol–water partition coefficient (Wildman–Crippen LogP) is 4.36. The largest absolute Gasteiger partial charge is 0.322 e. The lowest BCUT2D eigenvalue weighted by molar-refractivity contribution is -0.387. The molecule has 0 radical (unpaired) electrons. The highest BCUT2D eigenvalue weighted by molar-refractivity contribution is 7.99. The van der Waals surface area contributed by atoms with Crippen LogP contribution < -0.4 is 5.32 Å². The average molecular weight is 459 g/mol. The van der Waals surface area contributed by atoms with E-state index in [0.717, 1.165) is 11.8 Å². The molecule has 0 fully saturated rings. The van der Waals surface area contributed by atoms with Crippen LogP contribution in [-0.2, 0) is 7.05 Å². The van der Waals surface area contributed by atoms with Crippen molar-refractivity contribution in [2.24, 2.45) is 7.05 Å². The summed E-state index contributed by atoms with van der Waals surface area (Å²) in [5.41, 5.74) is 1.25. The third kappa shape index (κ3) is 4.96. The SMILES string of the molecule is Cn1cnnc1Sc1ccc(C(=O)Nc2cccc(C(=O)c3ccccc3)c2)cc1[N+](=O)[O-]. The number of ketones is 1. The Bertz CT molecular complexity index is 1350. The molecule has 0 unspecified atom stereocenters. The molecule has 4 rings (SSSR count). The summed E-state index contributed by atoms with van der Waals surface area (Å²) in [5, 5.41) is 22.5. The number of nitro benzene ring substituents is 1. The standard InChI is InChI=1S/C23H17N5O4S/c1-27-14-24-26-23(27)33-20-11-10-17(13-19(20)28(31)32)22(30)25-18-9-5-8-16(12-18)21(29)15-6-3-2-4-7-15/h2-14H,1H3,(H,25,30). The van der Waals surface area contributed by atoms with E-state index in [1.807, 2.05) is 6.07 Å². The Morgan fingerprint density at radius 1 is 0.970 bits per heavy atom. The summed E-state index contributed by atoms with van der Waals surface area (Å²) < 4.78 is 1.64. The topological polar surface area (TPSA) is 120 Å². The number of aromatic nitrogens is 3. The highest BCUT2D eigenvalue weighted by atomic mass is 32.2. The van der Waals surface area contributed by atoms with Crippen LogP contribution in [0.15, 0.2) is 89.2 Å². The lowest BCUT2D eigenvalue weighted by Crippen LogP contribution is -2.13. The molecule has 9 nitrogen and oxygen atoms in total. The summed E-state index contributed by atoms with van der Waals surface area (Å²) in [6.45, 7) is 0. The molecule has 1 amide bonds. The molecule has 33 heavy (non-hydrogen) atoms. The summed E-state index contributed by atoms with van der Waals surface area (Å²) in [7, 11) is 1.73. The van der Waals surface area contributed by atoms with Crippen LogP contribution in [0.4, 0.5) is 11.4 Å². The van der Waals surface area contributed by atoms with E-state index in [0.29, 0.717) is 26.9 Å². The maximum Gasteiger partial charge on any atom is 0.284 e. The predicted molar refractivity (Wildman–Crippen MR) is 122 cm³/mol. The first kappa shape index (κ1) is 21.9. The lowest BCUT2D eigenvalue weighted by atomic mass is 10.0. The fourth-order valence-corrected chi connectivity index (χ4v) is 3.90. The second-order valence-electron chi connectivity index (χ2n) is 7.00. The van der Waals surface area contributed by atoms with Crippen molar-refractivity contribution in [1.29, 1.82) is 0 Å². The van der Waals surface area contributed by atoms with Crippen molar-refractivity contribution in [3.63, 3.8) is 0 Å². The van der Waals surface area contributed by atoms with E-state index < -0.39 is 10.8 Å². The number of amides is 1. The Morgan fingerprint density at radius 3 is 2.42 bits per heavy atom. The van der Waals surface area contributed by atoms with Crippen molar-refractivity contribution in [3.05, 3.63) is 106 Å². The van der Waals surface area contributed by atoms with Crippen molar-refractivity contribution in [2.45, 2.75) is 10.1 Å². The first-order valence-corrected chi connectivity index (χ1v) is 10.6. The highest BCUT2D eigenvalue weighted by Gasteiger charge is 2.20. The minimum absolute atomic E-state index is 0.115. The summed E-state index contributed by atoms with van der Waals surface area (Å²) >= 11 is 1.08. The number of carbonyl (C=O) groups excluding carboxylic acids is 2. The van der Waals surface area contributed by atoms with Crippen LogP contribution in [-0.4, -0.2) is 31.4 Å². The molecule has 0 bridgehead atoms. The smallest absolute Gasteiger partial charge is 0.284 e. The van der Waals surface area contributed by atoms with Crippen LogP contribution in [0.1, 0.15) is 26.3 Å². The van der Waals surface area contributed by atoms with E-state index >= 15 is 0 Å². The van der Waals surface area contributed by atoms with Gasteiger partial charge >= 0.3 is 0 Å². The third-order valence-corrected chi connectivity index (χ3v) is 5.82. The molecule has 0 saturated heterocycles. The zero-order chi connectivity index (χ0) is 23.4. The molecular weight excluding hydrogens is 442 g/mol. The van der Waals surface area contributed by atoms with Crippen LogP contribution in [0.2, 0.25) is 0 Å². The summed E-state index contributed by atoms with van der Waals surface area (Å²) in [6.07, 6.45) is 1.49. The van der Waals surface area contributed by atoms with Gasteiger partial charge in [0.15, 0.2) is 10.9 Å². The van der Waals surface area contributed by atoms with E-state index in [1.54, 1.807) is 60.1 Å². The Balaban J connectivity index is 1.55. The van der Waals surface area contributed by atoms with Crippen LogP contribution in [0, 0.1) is 10.1 Å². The van der Waals surface area contributed by atoms with E-state index in [4.69, 9.17) is 0 Å². The van der Waals surface area contributed by atoms with E-state index in [1.165, 1.54) is 24.5 Å². The number of rotatable bonds is 7. The first-order chi connectivity index (χ1) is 15.9. The number of anilines is 1. The molecule has 164 valence electrons. The second-order valence-corrected chi connectivity index (χ2v) is 8.01. The molecule has 4 aromatic rings. The summed E-state index contributed by atoms with van der Waals surface area (Å²) in [5.74, 6) is -0.704. The van der Waals surface area contributed by atoms with Gasteiger partial charge in [-0.25, -0.2) is 0 Å². The number of carbonyl (C=O) groups is 2. The van der Waals surface area contributed by atoms with Crippen molar-refractivity contribution in [2.75, 3.05) is 5.32 Å². The first-order valence-electron chi connectivity index (χ1n) is 9.74. The molecule has 0 aliphatic heterocycles. The van der Waals surface area contributed by atoms with Crippen LogP contribution in [0.5, 0.6) is 0 Å². The van der Waals surface area contributed by atoms with Gasteiger partial charge in [-0.15, -0.1) is 10.2 Å². The second kappa shape index (κ2) is 9.45. The van der Waals surface area contributed by atoms with E-state index in [2.05, 4.69) is 15.5 Å². The number of hydrogen-bond donors (Lipinski definition) is 1. The van der Waals surface area contributed by atoms with Gasteiger partial charge in [0.05, 0.1) is 9.82 Å². The van der Waals surface area contributed by atoms with E-state index in [9.17, 15) is 19.7 Å². The highest BCUT2D eigenvalue weighted by Crippen LogP contribution is 2.34. The number of benzene rings is 3. The maximum absolute atomic E-state index is 12.8. The molecule has 0 aliphatic rings. The van der Waals surface area contributed by atoms with Crippen LogP contribution >= 0.6 is 11.8 Å². The van der Waals surface area contributed by atoms with Crippen LogP contribution in [0.3, 0.4) is 0 Å². The van der Waals surface area contributed by atoms with E-state index in [-0.39, 0.29) is 17.0 Å². The molecule has 10 heteroatoms. The minimum atomic E-state index is -0.547. The van der Waals surface area contributed by atoms with Gasteiger partial charge in [0, 0.05) is 35.5 Å². The molecule has 0 atom stereocenters. The molecule has 0 spiro atoms. The summed E-state index contributed by atoms with van der Waals surface area (Å²) in [4.78, 5) is 36.8.